The second-order valence-electron chi connectivity index (χ2n) is 5.16. The van der Waals surface area contributed by atoms with Crippen molar-refractivity contribution in [3.05, 3.63) is 18.2 Å². The van der Waals surface area contributed by atoms with Crippen LogP contribution in [-0.2, 0) is 9.84 Å². The highest BCUT2D eigenvalue weighted by molar-refractivity contribution is 7.91. The average Bonchev–Trinajstić information content (AvgIpc) is 2.39. The highest BCUT2D eigenvalue weighted by Gasteiger charge is 2.21. The molecule has 1 heterocycles. The number of benzene rings is 1. The summed E-state index contributed by atoms with van der Waals surface area (Å²) in [5, 5.41) is 0. The Labute approximate surface area is 115 Å². The minimum absolute atomic E-state index is 0.0800. The second kappa shape index (κ2) is 5.41. The number of nitrogen functional groups attached to an aromatic ring is 1. The Bertz CT molecular complexity index is 555. The zero-order chi connectivity index (χ0) is 14.0. The number of nitrogens with two attached hydrogens (primary N) is 1. The van der Waals surface area contributed by atoms with Gasteiger partial charge in [-0.3, -0.25) is 0 Å². The lowest BCUT2D eigenvalue weighted by atomic mass is 10.0. The van der Waals surface area contributed by atoms with Gasteiger partial charge in [-0.15, -0.1) is 0 Å². The van der Waals surface area contributed by atoms with Crippen LogP contribution in [0.2, 0.25) is 0 Å². The summed E-state index contributed by atoms with van der Waals surface area (Å²) < 4.78 is 23.8. The second-order valence-corrected chi connectivity index (χ2v) is 7.41. The molecular formula is C14H22N2O2S. The molecule has 0 amide bonds. The van der Waals surface area contributed by atoms with Gasteiger partial charge in [0.15, 0.2) is 9.84 Å². The number of sulfone groups is 1. The summed E-state index contributed by atoms with van der Waals surface area (Å²) in [6.07, 6.45) is 3.61. The maximum absolute atomic E-state index is 11.9. The molecule has 4 nitrogen and oxygen atoms in total. The van der Waals surface area contributed by atoms with Crippen LogP contribution in [-0.4, -0.2) is 26.8 Å². The Hall–Kier alpha value is -1.23. The van der Waals surface area contributed by atoms with Gasteiger partial charge >= 0.3 is 0 Å². The SMILES string of the molecule is CCS(=O)(=O)c1ccc(N2CCCC[C@@H]2C)cc1N. The molecule has 1 aromatic rings. The quantitative estimate of drug-likeness (QED) is 0.865. The van der Waals surface area contributed by atoms with Gasteiger partial charge in [-0.25, -0.2) is 8.42 Å². The maximum Gasteiger partial charge on any atom is 0.180 e. The Morgan fingerprint density at radius 2 is 2.11 bits per heavy atom. The largest absolute Gasteiger partial charge is 0.398 e. The van der Waals surface area contributed by atoms with Gasteiger partial charge in [0.25, 0.3) is 0 Å². The van der Waals surface area contributed by atoms with Crippen LogP contribution in [0.1, 0.15) is 33.1 Å². The third kappa shape index (κ3) is 2.86. The van der Waals surface area contributed by atoms with Crippen molar-refractivity contribution in [3.63, 3.8) is 0 Å². The van der Waals surface area contributed by atoms with E-state index in [1.807, 2.05) is 6.07 Å². The predicted octanol–water partition coefficient (Wildman–Crippen LogP) is 2.44. The van der Waals surface area contributed by atoms with Gasteiger partial charge in [-0.2, -0.15) is 0 Å². The molecule has 0 aliphatic carbocycles. The summed E-state index contributed by atoms with van der Waals surface area (Å²) in [5.74, 6) is 0.0800. The van der Waals surface area contributed by atoms with Gasteiger partial charge in [-0.1, -0.05) is 6.92 Å². The topological polar surface area (TPSA) is 63.4 Å². The first-order chi connectivity index (χ1) is 8.95. The predicted molar refractivity (Wildman–Crippen MR) is 79.2 cm³/mol. The summed E-state index contributed by atoms with van der Waals surface area (Å²) in [5.41, 5.74) is 7.32. The van der Waals surface area contributed by atoms with E-state index in [1.165, 1.54) is 19.3 Å². The van der Waals surface area contributed by atoms with E-state index in [4.69, 9.17) is 5.73 Å². The zero-order valence-corrected chi connectivity index (χ0v) is 12.4. The monoisotopic (exact) mass is 282 g/mol. The van der Waals surface area contributed by atoms with Crippen molar-refractivity contribution in [2.24, 2.45) is 0 Å². The van der Waals surface area contributed by atoms with Crippen molar-refractivity contribution >= 4 is 21.2 Å². The van der Waals surface area contributed by atoms with Crippen molar-refractivity contribution in [1.29, 1.82) is 0 Å². The van der Waals surface area contributed by atoms with Crippen LogP contribution in [0.15, 0.2) is 23.1 Å². The van der Waals surface area contributed by atoms with Gasteiger partial charge in [0.2, 0.25) is 0 Å². The normalized spacial score (nSPS) is 20.5. The number of hydrogen-bond acceptors (Lipinski definition) is 4. The van der Waals surface area contributed by atoms with Crippen LogP contribution in [0.5, 0.6) is 0 Å². The summed E-state index contributed by atoms with van der Waals surface area (Å²) >= 11 is 0. The first kappa shape index (κ1) is 14.2. The minimum Gasteiger partial charge on any atom is -0.398 e. The van der Waals surface area contributed by atoms with Gasteiger partial charge in [0.05, 0.1) is 16.3 Å². The Balaban J connectivity index is 2.33. The highest BCUT2D eigenvalue weighted by atomic mass is 32.2. The molecule has 0 bridgehead atoms. The van der Waals surface area contributed by atoms with Crippen LogP contribution in [0.25, 0.3) is 0 Å². The molecule has 19 heavy (non-hydrogen) atoms. The molecule has 1 aliphatic heterocycles. The standard InChI is InChI=1S/C14H22N2O2S/c1-3-19(17,18)14-8-7-12(10-13(14)15)16-9-5-4-6-11(16)2/h7-8,10-11H,3-6,9,15H2,1-2H3/t11-/m0/s1. The molecule has 0 spiro atoms. The zero-order valence-electron chi connectivity index (χ0n) is 11.6. The molecule has 1 aromatic carbocycles. The molecule has 5 heteroatoms. The van der Waals surface area contributed by atoms with Crippen LogP contribution < -0.4 is 10.6 Å². The van der Waals surface area contributed by atoms with Crippen LogP contribution >= 0.6 is 0 Å². The molecule has 1 aliphatic rings. The van der Waals surface area contributed by atoms with E-state index in [9.17, 15) is 8.42 Å². The molecule has 0 radical (unpaired) electrons. The number of anilines is 2. The van der Waals surface area contributed by atoms with Gasteiger partial charge in [0.1, 0.15) is 0 Å². The Kier molecular flexibility index (Phi) is 4.04. The fraction of sp³-hybridized carbons (Fsp3) is 0.571. The summed E-state index contributed by atoms with van der Waals surface area (Å²) in [7, 11) is -3.23. The van der Waals surface area contributed by atoms with Crippen LogP contribution in [0, 0.1) is 0 Å². The molecule has 106 valence electrons. The summed E-state index contributed by atoms with van der Waals surface area (Å²) in [6, 6.07) is 5.80. The lowest BCUT2D eigenvalue weighted by molar-refractivity contribution is 0.485. The lowest BCUT2D eigenvalue weighted by Crippen LogP contribution is -2.37. The third-order valence-corrected chi connectivity index (χ3v) is 5.65. The molecule has 0 aromatic heterocycles. The Morgan fingerprint density at radius 3 is 2.68 bits per heavy atom. The molecule has 1 fully saturated rings. The van der Waals surface area contributed by atoms with Crippen molar-refractivity contribution in [2.45, 2.75) is 44.0 Å². The first-order valence-electron chi connectivity index (χ1n) is 6.84. The summed E-state index contributed by atoms with van der Waals surface area (Å²) in [4.78, 5) is 2.56. The van der Waals surface area contributed by atoms with E-state index in [0.717, 1.165) is 12.2 Å². The first-order valence-corrected chi connectivity index (χ1v) is 8.50. The molecular weight excluding hydrogens is 260 g/mol. The fourth-order valence-corrected chi connectivity index (χ4v) is 3.64. The molecule has 1 atom stereocenters. The minimum atomic E-state index is -3.23. The van der Waals surface area contributed by atoms with E-state index in [-0.39, 0.29) is 10.6 Å². The number of nitrogens with zero attached hydrogens (tertiary/aromatic N) is 1. The molecule has 2 N–H and O–H groups in total. The number of rotatable bonds is 3. The Morgan fingerprint density at radius 1 is 1.37 bits per heavy atom. The lowest BCUT2D eigenvalue weighted by Gasteiger charge is -2.35. The van der Waals surface area contributed by atoms with Gasteiger partial charge in [0, 0.05) is 18.3 Å². The average molecular weight is 282 g/mol. The van der Waals surface area contributed by atoms with E-state index in [2.05, 4.69) is 11.8 Å². The van der Waals surface area contributed by atoms with E-state index in [0.29, 0.717) is 11.7 Å². The van der Waals surface area contributed by atoms with Crippen molar-refractivity contribution in [1.82, 2.24) is 0 Å². The smallest absolute Gasteiger partial charge is 0.180 e. The number of piperidine rings is 1. The van der Waals surface area contributed by atoms with Crippen LogP contribution in [0.4, 0.5) is 11.4 Å². The fourth-order valence-electron chi connectivity index (χ4n) is 2.63. The third-order valence-electron chi connectivity index (χ3n) is 3.84. The molecule has 0 unspecified atom stereocenters. The number of hydrogen-bond donors (Lipinski definition) is 1. The van der Waals surface area contributed by atoms with E-state index < -0.39 is 9.84 Å². The van der Waals surface area contributed by atoms with Gasteiger partial charge < -0.3 is 10.6 Å². The molecule has 0 saturated carbocycles. The van der Waals surface area contributed by atoms with Crippen molar-refractivity contribution in [2.75, 3.05) is 22.9 Å². The summed E-state index contributed by atoms with van der Waals surface area (Å²) in [6.45, 7) is 4.85. The van der Waals surface area contributed by atoms with Crippen LogP contribution in [0.3, 0.4) is 0 Å². The maximum atomic E-state index is 11.9. The highest BCUT2D eigenvalue weighted by Crippen LogP contribution is 2.29. The molecule has 1 saturated heterocycles. The van der Waals surface area contributed by atoms with E-state index in [1.54, 1.807) is 19.1 Å². The van der Waals surface area contributed by atoms with Crippen molar-refractivity contribution in [3.8, 4) is 0 Å². The molecule has 2 rings (SSSR count). The van der Waals surface area contributed by atoms with Gasteiger partial charge in [-0.05, 0) is 44.4 Å². The van der Waals surface area contributed by atoms with E-state index >= 15 is 0 Å². The van der Waals surface area contributed by atoms with Crippen molar-refractivity contribution < 1.29 is 8.42 Å².